The van der Waals surface area contributed by atoms with E-state index in [0.717, 1.165) is 5.56 Å². The van der Waals surface area contributed by atoms with Crippen LogP contribution in [-0.2, 0) is 9.59 Å². The zero-order valence-electron chi connectivity index (χ0n) is 11.1. The zero-order valence-corrected chi connectivity index (χ0v) is 13.9. The molecule has 1 unspecified atom stereocenters. The van der Waals surface area contributed by atoms with Crippen LogP contribution in [0, 0.1) is 6.92 Å². The molecule has 0 bridgehead atoms. The van der Waals surface area contributed by atoms with Gasteiger partial charge in [-0.25, -0.2) is 0 Å². The summed E-state index contributed by atoms with van der Waals surface area (Å²) in [6.45, 7) is 1.95. The maximum Gasteiger partial charge on any atom is 1.00 e. The van der Waals surface area contributed by atoms with E-state index in [1.165, 1.54) is 16.7 Å². The van der Waals surface area contributed by atoms with E-state index in [4.69, 9.17) is 4.74 Å². The van der Waals surface area contributed by atoms with Gasteiger partial charge < -0.3 is 14.6 Å². The van der Waals surface area contributed by atoms with Crippen LogP contribution in [0.3, 0.4) is 0 Å². The standard InChI is InChI=1S/C13H11NO4S.Na/c1-7-2-4-8(5-3-7)18-13-11(12(16)17)14-9(15)6-10(14)19-13;/h2-5,10H,6H2,1H3,(H,16,17);/q;+1/p-1. The molecule has 0 radical (unpaired) electrons. The van der Waals surface area contributed by atoms with Gasteiger partial charge in [-0.05, 0) is 19.1 Å². The Kier molecular flexibility index (Phi) is 4.49. The Hall–Kier alpha value is -0.950. The summed E-state index contributed by atoms with van der Waals surface area (Å²) in [6.07, 6.45) is 0.336. The number of benzene rings is 1. The molecule has 1 saturated heterocycles. The predicted octanol–water partition coefficient (Wildman–Crippen LogP) is -2.40. The largest absolute Gasteiger partial charge is 1.00 e. The Morgan fingerprint density at radius 1 is 1.40 bits per heavy atom. The fraction of sp³-hybridized carbons (Fsp3) is 0.231. The van der Waals surface area contributed by atoms with Gasteiger partial charge in [-0.1, -0.05) is 29.5 Å². The summed E-state index contributed by atoms with van der Waals surface area (Å²) in [5.74, 6) is -1.05. The smallest absolute Gasteiger partial charge is 0.543 e. The first-order chi connectivity index (χ1) is 9.06. The second-order valence-electron chi connectivity index (χ2n) is 4.38. The van der Waals surface area contributed by atoms with Gasteiger partial charge in [0.25, 0.3) is 0 Å². The van der Waals surface area contributed by atoms with Gasteiger partial charge in [-0.3, -0.25) is 9.69 Å². The maximum atomic E-state index is 11.4. The Morgan fingerprint density at radius 3 is 2.60 bits per heavy atom. The van der Waals surface area contributed by atoms with Crippen LogP contribution in [0.1, 0.15) is 12.0 Å². The van der Waals surface area contributed by atoms with Gasteiger partial charge in [0.05, 0.1) is 17.8 Å². The second-order valence-corrected chi connectivity index (χ2v) is 5.53. The van der Waals surface area contributed by atoms with Crippen molar-refractivity contribution in [3.05, 3.63) is 40.6 Å². The van der Waals surface area contributed by atoms with Crippen molar-refractivity contribution in [2.75, 3.05) is 0 Å². The number of carboxylic acid groups (broad SMARTS) is 1. The summed E-state index contributed by atoms with van der Waals surface area (Å²) >= 11 is 1.24. The maximum absolute atomic E-state index is 11.4. The van der Waals surface area contributed by atoms with E-state index in [0.29, 0.717) is 12.2 Å². The van der Waals surface area contributed by atoms with E-state index >= 15 is 0 Å². The molecule has 0 spiro atoms. The number of thioether (sulfide) groups is 1. The Balaban J connectivity index is 0.00000147. The molecule has 0 saturated carbocycles. The topological polar surface area (TPSA) is 69.7 Å². The average molecular weight is 299 g/mol. The van der Waals surface area contributed by atoms with Gasteiger partial charge in [0, 0.05) is 0 Å². The molecule has 2 aliphatic rings. The number of fused-ring (bicyclic) bond motifs is 1. The van der Waals surface area contributed by atoms with E-state index in [-0.39, 0.29) is 51.6 Å². The molecule has 3 rings (SSSR count). The summed E-state index contributed by atoms with van der Waals surface area (Å²) in [4.78, 5) is 23.8. The van der Waals surface area contributed by atoms with Crippen molar-refractivity contribution in [1.29, 1.82) is 0 Å². The van der Waals surface area contributed by atoms with Crippen molar-refractivity contribution >= 4 is 23.6 Å². The van der Waals surface area contributed by atoms with E-state index in [2.05, 4.69) is 0 Å². The van der Waals surface area contributed by atoms with Gasteiger partial charge in [0.2, 0.25) is 5.91 Å². The number of aryl methyl sites for hydroxylation is 1. The number of aliphatic carboxylic acids is 1. The van der Waals surface area contributed by atoms with Gasteiger partial charge in [-0.15, -0.1) is 0 Å². The second kappa shape index (κ2) is 5.81. The summed E-state index contributed by atoms with van der Waals surface area (Å²) < 4.78 is 5.56. The molecule has 1 atom stereocenters. The molecular weight excluding hydrogens is 289 g/mol. The normalized spacial score (nSPS) is 20.1. The Morgan fingerprint density at radius 2 is 2.05 bits per heavy atom. The van der Waals surface area contributed by atoms with Gasteiger partial charge in [0.15, 0.2) is 5.09 Å². The minimum Gasteiger partial charge on any atom is -0.543 e. The molecule has 1 amide bonds. The predicted molar refractivity (Wildman–Crippen MR) is 66.7 cm³/mol. The van der Waals surface area contributed by atoms with E-state index in [1.807, 2.05) is 19.1 Å². The minimum absolute atomic E-state index is 0. The molecule has 2 aliphatic heterocycles. The number of ether oxygens (including phenoxy) is 1. The van der Waals surface area contributed by atoms with Crippen LogP contribution < -0.4 is 39.4 Å². The van der Waals surface area contributed by atoms with E-state index < -0.39 is 5.97 Å². The fourth-order valence-corrected chi connectivity index (χ4v) is 3.23. The van der Waals surface area contributed by atoms with Crippen LogP contribution in [0.5, 0.6) is 5.75 Å². The molecule has 0 aliphatic carbocycles. The summed E-state index contributed by atoms with van der Waals surface area (Å²) in [5.41, 5.74) is 0.923. The number of rotatable bonds is 3. The van der Waals surface area contributed by atoms with Crippen molar-refractivity contribution in [2.24, 2.45) is 0 Å². The number of carbonyl (C=O) groups is 2. The van der Waals surface area contributed by atoms with Crippen molar-refractivity contribution in [1.82, 2.24) is 4.90 Å². The SMILES string of the molecule is Cc1ccc(OC2=C(C(=O)[O-])N3C(=O)CC3S2)cc1.[Na+]. The minimum atomic E-state index is -1.38. The summed E-state index contributed by atoms with van der Waals surface area (Å²) in [7, 11) is 0. The third-order valence-electron chi connectivity index (χ3n) is 3.01. The zero-order chi connectivity index (χ0) is 13.6. The average Bonchev–Trinajstić information content (AvgIpc) is 2.65. The van der Waals surface area contributed by atoms with Gasteiger partial charge in [-0.2, -0.15) is 0 Å². The molecule has 20 heavy (non-hydrogen) atoms. The molecule has 7 heteroatoms. The van der Waals surface area contributed by atoms with E-state index in [1.54, 1.807) is 12.1 Å². The molecule has 98 valence electrons. The summed E-state index contributed by atoms with van der Waals surface area (Å²) in [6, 6.07) is 7.25. The molecule has 1 fully saturated rings. The monoisotopic (exact) mass is 299 g/mol. The first-order valence-electron chi connectivity index (χ1n) is 5.75. The number of hydrogen-bond acceptors (Lipinski definition) is 5. The van der Waals surface area contributed by atoms with E-state index in [9.17, 15) is 14.7 Å². The van der Waals surface area contributed by atoms with Crippen molar-refractivity contribution in [2.45, 2.75) is 18.7 Å². The number of hydrogen-bond donors (Lipinski definition) is 0. The van der Waals surface area contributed by atoms with Gasteiger partial charge in [0.1, 0.15) is 11.4 Å². The van der Waals surface area contributed by atoms with Crippen LogP contribution in [0.15, 0.2) is 35.1 Å². The number of β-lactam (4-membered cyclic amide) rings is 1. The number of carboxylic acids is 1. The van der Waals surface area contributed by atoms with Crippen LogP contribution in [0.2, 0.25) is 0 Å². The third kappa shape index (κ3) is 2.61. The van der Waals surface area contributed by atoms with Gasteiger partial charge >= 0.3 is 29.6 Å². The Labute approximate surface area is 142 Å². The van der Waals surface area contributed by atoms with Crippen LogP contribution in [-0.4, -0.2) is 22.2 Å². The van der Waals surface area contributed by atoms with Crippen LogP contribution >= 0.6 is 11.8 Å². The van der Waals surface area contributed by atoms with Crippen molar-refractivity contribution < 1.29 is 49.0 Å². The summed E-state index contributed by atoms with van der Waals surface area (Å²) in [5, 5.41) is 11.2. The number of amides is 1. The molecule has 0 N–H and O–H groups in total. The van der Waals surface area contributed by atoms with Crippen LogP contribution in [0.25, 0.3) is 0 Å². The first-order valence-corrected chi connectivity index (χ1v) is 6.63. The molecule has 0 aromatic heterocycles. The number of nitrogens with zero attached hydrogens (tertiary/aromatic N) is 1. The molecule has 5 nitrogen and oxygen atoms in total. The fourth-order valence-electron chi connectivity index (χ4n) is 2.00. The quantitative estimate of drug-likeness (QED) is 0.460. The van der Waals surface area contributed by atoms with Crippen molar-refractivity contribution in [3.63, 3.8) is 0 Å². The third-order valence-corrected chi connectivity index (χ3v) is 4.15. The molecule has 1 aromatic rings. The molecule has 1 aromatic carbocycles. The molecule has 2 heterocycles. The number of carbonyl (C=O) groups excluding carboxylic acids is 2. The van der Waals surface area contributed by atoms with Crippen LogP contribution in [0.4, 0.5) is 0 Å². The Bertz CT molecular complexity index is 599. The molecular formula is C13H10NNaO4S. The van der Waals surface area contributed by atoms with Crippen molar-refractivity contribution in [3.8, 4) is 5.75 Å². The first kappa shape index (κ1) is 15.4.